The van der Waals surface area contributed by atoms with Crippen molar-refractivity contribution in [2.75, 3.05) is 46.8 Å². The minimum absolute atomic E-state index is 0.0473. The lowest BCUT2D eigenvalue weighted by Crippen LogP contribution is -2.14. The number of carbonyl (C=O) groups is 4. The van der Waals surface area contributed by atoms with Crippen molar-refractivity contribution in [1.29, 1.82) is 0 Å². The predicted octanol–water partition coefficient (Wildman–Crippen LogP) is 2.77. The van der Waals surface area contributed by atoms with Gasteiger partial charge in [0.05, 0.1) is 25.2 Å². The highest BCUT2D eigenvalue weighted by Crippen LogP contribution is 2.13. The van der Waals surface area contributed by atoms with Gasteiger partial charge >= 0.3 is 23.9 Å². The second kappa shape index (κ2) is 23.4. The zero-order chi connectivity index (χ0) is 34.3. The highest BCUT2D eigenvalue weighted by molar-refractivity contribution is 7.86. The molecule has 0 radical (unpaired) electrons. The summed E-state index contributed by atoms with van der Waals surface area (Å²) in [6.45, 7) is 20.5. The summed E-state index contributed by atoms with van der Waals surface area (Å²) in [4.78, 5) is 42.1. The lowest BCUT2D eigenvalue weighted by Gasteiger charge is -2.07. The molecule has 0 amide bonds. The third kappa shape index (κ3) is 22.5. The molecule has 1 atom stereocenters. The van der Waals surface area contributed by atoms with Gasteiger partial charge in [0.15, 0.2) is 0 Å². The Kier molecular flexibility index (Phi) is 22.3. The minimum atomic E-state index is -3.81. The summed E-state index contributed by atoms with van der Waals surface area (Å²) in [7, 11) is -2.50. The Bertz CT molecular complexity index is 1230. The summed E-state index contributed by atoms with van der Waals surface area (Å²) < 4.78 is 51.2. The van der Waals surface area contributed by atoms with Gasteiger partial charge in [-0.1, -0.05) is 44.0 Å². The number of carbonyl (C=O) groups excluding carboxylic acids is 4. The van der Waals surface area contributed by atoms with E-state index in [2.05, 4.69) is 35.8 Å². The Morgan fingerprint density at radius 1 is 0.886 bits per heavy atom. The number of hydrogen-bond donors (Lipinski definition) is 1. The van der Waals surface area contributed by atoms with E-state index in [-0.39, 0.29) is 49.0 Å². The van der Waals surface area contributed by atoms with Crippen LogP contribution in [0.5, 0.6) is 0 Å². The number of epoxide rings is 1. The summed E-state index contributed by atoms with van der Waals surface area (Å²) >= 11 is 0. The molecule has 1 aromatic rings. The monoisotopic (exact) mass is 642 g/mol. The molecule has 13 nitrogen and oxygen atoms in total. The molecule has 14 heteroatoms. The topological polar surface area (TPSA) is 181 Å². The molecule has 0 aliphatic carbocycles. The minimum Gasteiger partial charge on any atom is -0.466 e. The number of aliphatic hydroxyl groups is 1. The molecule has 0 aromatic heterocycles. The average Bonchev–Trinajstić information content (AvgIpc) is 3.82. The maximum atomic E-state index is 11.7. The fraction of sp³-hybridized carbons (Fsp3) is 0.400. The summed E-state index contributed by atoms with van der Waals surface area (Å²) in [5.74, 6) is -1.76. The summed E-state index contributed by atoms with van der Waals surface area (Å²) in [5, 5.41) is 8.19. The zero-order valence-corrected chi connectivity index (χ0v) is 26.6. The fourth-order valence-corrected chi connectivity index (χ4v) is 2.87. The van der Waals surface area contributed by atoms with Gasteiger partial charge in [-0.2, -0.15) is 8.42 Å². The molecule has 1 N–H and O–H groups in total. The Labute approximate surface area is 258 Å². The van der Waals surface area contributed by atoms with E-state index >= 15 is 0 Å². The van der Waals surface area contributed by atoms with Crippen molar-refractivity contribution < 1.29 is 60.6 Å². The first kappa shape index (κ1) is 42.0. The van der Waals surface area contributed by atoms with Gasteiger partial charge < -0.3 is 28.8 Å². The van der Waals surface area contributed by atoms with Crippen molar-refractivity contribution in [3.05, 3.63) is 78.9 Å². The van der Waals surface area contributed by atoms with Gasteiger partial charge in [0.25, 0.3) is 10.1 Å². The Morgan fingerprint density at radius 3 is 1.70 bits per heavy atom. The van der Waals surface area contributed by atoms with Crippen LogP contribution in [0.3, 0.4) is 0 Å². The van der Waals surface area contributed by atoms with Crippen molar-refractivity contribution in [3.63, 3.8) is 0 Å². The normalized spacial score (nSPS) is 12.5. The molecule has 44 heavy (non-hydrogen) atoms. The van der Waals surface area contributed by atoms with E-state index in [0.29, 0.717) is 24.4 Å². The van der Waals surface area contributed by atoms with Crippen LogP contribution in [0.4, 0.5) is 0 Å². The Hall–Kier alpha value is -4.11. The van der Waals surface area contributed by atoms with E-state index in [0.717, 1.165) is 11.6 Å². The molecule has 1 fully saturated rings. The molecule has 246 valence electrons. The van der Waals surface area contributed by atoms with Crippen molar-refractivity contribution >= 4 is 34.0 Å². The molecule has 1 heterocycles. The van der Waals surface area contributed by atoms with Gasteiger partial charge in [0, 0.05) is 22.8 Å². The number of ether oxygens (including phenoxy) is 5. The molecule has 1 aromatic carbocycles. The number of aryl methyl sites for hydroxylation is 1. The third-order valence-electron chi connectivity index (χ3n) is 4.41. The van der Waals surface area contributed by atoms with Crippen LogP contribution in [0.25, 0.3) is 0 Å². The third-order valence-corrected chi connectivity index (χ3v) is 5.73. The highest BCUT2D eigenvalue weighted by atomic mass is 32.2. The Balaban J connectivity index is 0. The highest BCUT2D eigenvalue weighted by Gasteiger charge is 2.24. The molecule has 0 bridgehead atoms. The number of esters is 4. The van der Waals surface area contributed by atoms with Gasteiger partial charge in [-0.15, -0.1) is 0 Å². The number of hydrogen-bond acceptors (Lipinski definition) is 13. The van der Waals surface area contributed by atoms with Crippen LogP contribution in [-0.2, 0) is 57.2 Å². The maximum Gasteiger partial charge on any atom is 0.333 e. The SMILES string of the molecule is C=C(C)C(=O)OCC1CO1.C=C(C)C(=O)OCCO.C=C(C)C(=O)OCCOS(=O)(=O)c1ccc(C)cc1.C=CC(=O)OC. The van der Waals surface area contributed by atoms with Crippen LogP contribution in [0, 0.1) is 6.92 Å². The fourth-order valence-electron chi connectivity index (χ4n) is 1.98. The van der Waals surface area contributed by atoms with Crippen LogP contribution in [0.1, 0.15) is 26.3 Å². The first-order valence-corrected chi connectivity index (χ1v) is 14.3. The average molecular weight is 643 g/mol. The van der Waals surface area contributed by atoms with Gasteiger partial charge in [-0.05, 0) is 39.8 Å². The summed E-state index contributed by atoms with van der Waals surface area (Å²) in [6.07, 6.45) is 1.25. The van der Waals surface area contributed by atoms with Crippen molar-refractivity contribution in [3.8, 4) is 0 Å². The zero-order valence-electron chi connectivity index (χ0n) is 25.8. The van der Waals surface area contributed by atoms with E-state index in [9.17, 15) is 27.6 Å². The van der Waals surface area contributed by atoms with Crippen LogP contribution < -0.4 is 0 Å². The second-order valence-electron chi connectivity index (χ2n) is 8.71. The first-order valence-electron chi connectivity index (χ1n) is 12.9. The number of methoxy groups -OCH3 is 1. The molecular formula is C30H42O13S. The van der Waals surface area contributed by atoms with E-state index in [1.54, 1.807) is 26.0 Å². The van der Waals surface area contributed by atoms with E-state index in [4.69, 9.17) is 23.5 Å². The summed E-state index contributed by atoms with van der Waals surface area (Å²) in [6, 6.07) is 6.28. The number of benzene rings is 1. The molecular weight excluding hydrogens is 600 g/mol. The molecule has 0 saturated carbocycles. The van der Waals surface area contributed by atoms with Gasteiger partial charge in [0.1, 0.15) is 32.5 Å². The molecule has 0 spiro atoms. The van der Waals surface area contributed by atoms with Crippen LogP contribution in [0.2, 0.25) is 0 Å². The van der Waals surface area contributed by atoms with Crippen LogP contribution >= 0.6 is 0 Å². The van der Waals surface area contributed by atoms with Gasteiger partial charge in [-0.3, -0.25) is 4.18 Å². The predicted molar refractivity (Wildman–Crippen MR) is 161 cm³/mol. The van der Waals surface area contributed by atoms with E-state index in [1.807, 2.05) is 6.92 Å². The molecule has 2 rings (SSSR count). The van der Waals surface area contributed by atoms with Gasteiger partial charge in [0.2, 0.25) is 0 Å². The maximum absolute atomic E-state index is 11.7. The smallest absolute Gasteiger partial charge is 0.333 e. The lowest BCUT2D eigenvalue weighted by molar-refractivity contribution is -0.140. The van der Waals surface area contributed by atoms with Gasteiger partial charge in [-0.25, -0.2) is 19.2 Å². The first-order chi connectivity index (χ1) is 20.5. The summed E-state index contributed by atoms with van der Waals surface area (Å²) in [5.41, 5.74) is 1.99. The van der Waals surface area contributed by atoms with E-state index < -0.39 is 28.0 Å². The lowest BCUT2D eigenvalue weighted by atomic mass is 10.2. The van der Waals surface area contributed by atoms with Crippen molar-refractivity contribution in [1.82, 2.24) is 0 Å². The standard InChI is InChI=1S/C13H16O5S.C7H10O3.C6H10O3.C4H6O2/c1-10(2)13(14)17-8-9-18-19(15,16)12-6-4-11(3)5-7-12;1-5(2)7(8)10-4-6-3-9-6;1-5(2)6(8)9-4-3-7;1-3-4(5)6-2/h4-7H,1,8-9H2,2-3H3;6H,1,3-4H2,2H3;7H,1,3-4H2,2H3;3H,1H2,2H3. The number of rotatable bonds is 13. The van der Waals surface area contributed by atoms with Crippen LogP contribution in [0.15, 0.2) is 78.3 Å². The second-order valence-corrected chi connectivity index (χ2v) is 10.3. The molecule has 1 aliphatic rings. The number of aliphatic hydroxyl groups excluding tert-OH is 1. The Morgan fingerprint density at radius 2 is 1.34 bits per heavy atom. The molecule has 1 saturated heterocycles. The van der Waals surface area contributed by atoms with E-state index in [1.165, 1.54) is 26.2 Å². The molecule has 1 unspecified atom stereocenters. The van der Waals surface area contributed by atoms with Crippen molar-refractivity contribution in [2.45, 2.75) is 38.7 Å². The molecule has 1 aliphatic heterocycles. The van der Waals surface area contributed by atoms with Crippen molar-refractivity contribution in [2.24, 2.45) is 0 Å². The quantitative estimate of drug-likeness (QED) is 0.0829. The largest absolute Gasteiger partial charge is 0.466 e. The van der Waals surface area contributed by atoms with Crippen LogP contribution in [-0.4, -0.2) is 90.3 Å².